The molecule has 3 aromatic rings. The Kier molecular flexibility index (Phi) is 11.6. The number of aryl methyl sites for hydroxylation is 1. The van der Waals surface area contributed by atoms with Crippen molar-refractivity contribution in [1.29, 1.82) is 0 Å². The van der Waals surface area contributed by atoms with Crippen LogP contribution in [0.2, 0.25) is 5.02 Å². The number of carbonyl (C=O) groups excluding carboxylic acids is 2. The molecule has 1 atom stereocenters. The van der Waals surface area contributed by atoms with E-state index in [2.05, 4.69) is 5.32 Å². The lowest BCUT2D eigenvalue weighted by Gasteiger charge is -2.33. The first-order valence-electron chi connectivity index (χ1n) is 13.7. The summed E-state index contributed by atoms with van der Waals surface area (Å²) in [4.78, 5) is 28.9. The lowest BCUT2D eigenvalue weighted by Crippen LogP contribution is -2.52. The maximum atomic E-state index is 14.1. The molecule has 2 amide bonds. The number of sulfonamides is 1. The SMILES string of the molecule is CCCCNC(=O)[C@@H](CC)N(Cc1cccc(OC)c1)C(=O)CN(c1ccc(Cl)cc1)S(=O)(=O)c1ccc(C)cc1. The number of hydrogen-bond acceptors (Lipinski definition) is 5. The van der Waals surface area contributed by atoms with Crippen LogP contribution >= 0.6 is 11.6 Å². The van der Waals surface area contributed by atoms with Crippen molar-refractivity contribution in [2.75, 3.05) is 24.5 Å². The molecule has 10 heteroatoms. The number of anilines is 1. The number of rotatable bonds is 14. The first kappa shape index (κ1) is 32.0. The molecule has 0 spiro atoms. The van der Waals surface area contributed by atoms with E-state index in [1.807, 2.05) is 26.8 Å². The second kappa shape index (κ2) is 14.9. The Bertz CT molecular complexity index is 1410. The molecule has 0 bridgehead atoms. The Morgan fingerprint density at radius 2 is 1.68 bits per heavy atom. The second-order valence-corrected chi connectivity index (χ2v) is 12.0. The lowest BCUT2D eigenvalue weighted by atomic mass is 10.1. The normalized spacial score (nSPS) is 11.9. The average molecular weight is 600 g/mol. The number of carbonyl (C=O) groups is 2. The van der Waals surface area contributed by atoms with Gasteiger partial charge in [-0.2, -0.15) is 0 Å². The maximum absolute atomic E-state index is 14.1. The van der Waals surface area contributed by atoms with Crippen LogP contribution in [-0.4, -0.2) is 51.4 Å². The average Bonchev–Trinajstić information content (AvgIpc) is 2.96. The summed E-state index contributed by atoms with van der Waals surface area (Å²) in [7, 11) is -2.59. The highest BCUT2D eigenvalue weighted by molar-refractivity contribution is 7.92. The van der Waals surface area contributed by atoms with E-state index in [-0.39, 0.29) is 23.0 Å². The first-order valence-corrected chi connectivity index (χ1v) is 15.5. The predicted molar refractivity (Wildman–Crippen MR) is 163 cm³/mol. The number of unbranched alkanes of at least 4 members (excludes halogenated alkanes) is 1. The van der Waals surface area contributed by atoms with Crippen LogP contribution in [0, 0.1) is 6.92 Å². The van der Waals surface area contributed by atoms with Crippen LogP contribution in [0.4, 0.5) is 5.69 Å². The molecule has 0 saturated carbocycles. The summed E-state index contributed by atoms with van der Waals surface area (Å²) in [6, 6.07) is 19.1. The van der Waals surface area contributed by atoms with Gasteiger partial charge in [0, 0.05) is 18.1 Å². The minimum absolute atomic E-state index is 0.0505. The molecule has 0 heterocycles. The van der Waals surface area contributed by atoms with Gasteiger partial charge in [-0.1, -0.05) is 61.7 Å². The largest absolute Gasteiger partial charge is 0.497 e. The molecular weight excluding hydrogens is 562 g/mol. The van der Waals surface area contributed by atoms with Gasteiger partial charge in [-0.3, -0.25) is 13.9 Å². The van der Waals surface area contributed by atoms with E-state index in [0.29, 0.717) is 23.7 Å². The molecule has 3 rings (SSSR count). The smallest absolute Gasteiger partial charge is 0.264 e. The zero-order chi connectivity index (χ0) is 30.0. The zero-order valence-electron chi connectivity index (χ0n) is 24.0. The molecule has 0 aromatic heterocycles. The van der Waals surface area contributed by atoms with Gasteiger partial charge in [0.05, 0.1) is 17.7 Å². The first-order chi connectivity index (χ1) is 19.6. The Balaban J connectivity index is 2.04. The van der Waals surface area contributed by atoms with E-state index in [1.54, 1.807) is 61.7 Å². The van der Waals surface area contributed by atoms with Gasteiger partial charge in [0.2, 0.25) is 11.8 Å². The maximum Gasteiger partial charge on any atom is 0.264 e. The third kappa shape index (κ3) is 8.47. The van der Waals surface area contributed by atoms with Crippen LogP contribution in [-0.2, 0) is 26.2 Å². The quantitative estimate of drug-likeness (QED) is 0.244. The standard InChI is InChI=1S/C31H38ClN3O5S/c1-5-7-19-33-31(37)29(6-2)34(21-24-9-8-10-27(20-24)40-4)30(36)22-35(26-15-13-25(32)14-16-26)41(38,39)28-17-11-23(3)12-18-28/h8-18,20,29H,5-7,19,21-22H2,1-4H3,(H,33,37)/t29-/m1/s1. The van der Waals surface area contributed by atoms with Gasteiger partial charge in [0.25, 0.3) is 10.0 Å². The Labute approximate surface area is 248 Å². The van der Waals surface area contributed by atoms with Crippen molar-refractivity contribution >= 4 is 39.1 Å². The van der Waals surface area contributed by atoms with Gasteiger partial charge in [-0.15, -0.1) is 0 Å². The van der Waals surface area contributed by atoms with Crippen LogP contribution in [0.25, 0.3) is 0 Å². The van der Waals surface area contributed by atoms with Crippen molar-refractivity contribution in [2.45, 2.75) is 57.5 Å². The van der Waals surface area contributed by atoms with Crippen molar-refractivity contribution in [2.24, 2.45) is 0 Å². The molecule has 220 valence electrons. The summed E-state index contributed by atoms with van der Waals surface area (Å²) >= 11 is 6.09. The van der Waals surface area contributed by atoms with Crippen LogP contribution < -0.4 is 14.4 Å². The van der Waals surface area contributed by atoms with Crippen molar-refractivity contribution in [3.05, 3.63) is 88.9 Å². The number of nitrogens with zero attached hydrogens (tertiary/aromatic N) is 2. The molecule has 0 aliphatic rings. The highest BCUT2D eigenvalue weighted by atomic mass is 35.5. The minimum Gasteiger partial charge on any atom is -0.497 e. The molecule has 41 heavy (non-hydrogen) atoms. The third-order valence-electron chi connectivity index (χ3n) is 6.71. The fraction of sp³-hybridized carbons (Fsp3) is 0.355. The fourth-order valence-electron chi connectivity index (χ4n) is 4.37. The summed E-state index contributed by atoms with van der Waals surface area (Å²) in [6.07, 6.45) is 2.07. The number of amides is 2. The predicted octanol–water partition coefficient (Wildman–Crippen LogP) is 5.58. The highest BCUT2D eigenvalue weighted by Crippen LogP contribution is 2.27. The van der Waals surface area contributed by atoms with E-state index in [4.69, 9.17) is 16.3 Å². The summed E-state index contributed by atoms with van der Waals surface area (Å²) in [5.41, 5.74) is 1.93. The van der Waals surface area contributed by atoms with Crippen LogP contribution in [0.3, 0.4) is 0 Å². The lowest BCUT2D eigenvalue weighted by molar-refractivity contribution is -0.140. The number of benzene rings is 3. The van der Waals surface area contributed by atoms with Crippen molar-refractivity contribution in [1.82, 2.24) is 10.2 Å². The van der Waals surface area contributed by atoms with Crippen molar-refractivity contribution in [3.8, 4) is 5.75 Å². The van der Waals surface area contributed by atoms with Crippen molar-refractivity contribution in [3.63, 3.8) is 0 Å². The fourth-order valence-corrected chi connectivity index (χ4v) is 5.91. The van der Waals surface area contributed by atoms with E-state index in [1.165, 1.54) is 17.0 Å². The number of ether oxygens (including phenoxy) is 1. The zero-order valence-corrected chi connectivity index (χ0v) is 25.5. The molecule has 0 aliphatic carbocycles. The summed E-state index contributed by atoms with van der Waals surface area (Å²) in [5, 5.41) is 3.36. The van der Waals surface area contributed by atoms with Gasteiger partial charge < -0.3 is 15.0 Å². The topological polar surface area (TPSA) is 96.0 Å². The number of hydrogen-bond donors (Lipinski definition) is 1. The molecular formula is C31H38ClN3O5S. The van der Waals surface area contributed by atoms with Gasteiger partial charge in [0.15, 0.2) is 0 Å². The monoisotopic (exact) mass is 599 g/mol. The van der Waals surface area contributed by atoms with E-state index >= 15 is 0 Å². The van der Waals surface area contributed by atoms with Crippen molar-refractivity contribution < 1.29 is 22.7 Å². The van der Waals surface area contributed by atoms with Crippen LogP contribution in [0.1, 0.15) is 44.2 Å². The Hall–Kier alpha value is -3.56. The molecule has 8 nitrogen and oxygen atoms in total. The van der Waals surface area contributed by atoms with E-state index < -0.39 is 28.5 Å². The molecule has 1 N–H and O–H groups in total. The Morgan fingerprint density at radius 3 is 2.29 bits per heavy atom. The highest BCUT2D eigenvalue weighted by Gasteiger charge is 2.33. The molecule has 0 radical (unpaired) electrons. The molecule has 0 saturated heterocycles. The number of halogens is 1. The summed E-state index contributed by atoms with van der Waals surface area (Å²) < 4.78 is 34.2. The molecule has 3 aromatic carbocycles. The Morgan fingerprint density at radius 1 is 1.00 bits per heavy atom. The number of methoxy groups -OCH3 is 1. The molecule has 0 fully saturated rings. The number of nitrogens with one attached hydrogen (secondary N) is 1. The van der Waals surface area contributed by atoms with E-state index in [0.717, 1.165) is 28.3 Å². The molecule has 0 unspecified atom stereocenters. The van der Waals surface area contributed by atoms with E-state index in [9.17, 15) is 18.0 Å². The van der Waals surface area contributed by atoms with Gasteiger partial charge in [0.1, 0.15) is 18.3 Å². The third-order valence-corrected chi connectivity index (χ3v) is 8.75. The summed E-state index contributed by atoms with van der Waals surface area (Å²) in [5.74, 6) is -0.187. The second-order valence-electron chi connectivity index (χ2n) is 9.74. The minimum atomic E-state index is -4.14. The van der Waals surface area contributed by atoms with Gasteiger partial charge in [-0.05, 0) is 73.9 Å². The van der Waals surface area contributed by atoms with Crippen LogP contribution in [0.5, 0.6) is 5.75 Å². The molecule has 0 aliphatic heterocycles. The van der Waals surface area contributed by atoms with Crippen LogP contribution in [0.15, 0.2) is 77.7 Å². The summed E-state index contributed by atoms with van der Waals surface area (Å²) in [6.45, 7) is 5.79. The van der Waals surface area contributed by atoms with Gasteiger partial charge in [-0.25, -0.2) is 8.42 Å². The van der Waals surface area contributed by atoms with Gasteiger partial charge >= 0.3 is 0 Å².